The summed E-state index contributed by atoms with van der Waals surface area (Å²) in [4.78, 5) is 11.8. The molecule has 0 bridgehead atoms. The lowest BCUT2D eigenvalue weighted by atomic mass is 9.85. The molecular weight excluding hydrogens is 214 g/mol. The molecule has 1 unspecified atom stereocenters. The Hall–Kier alpha value is -1.09. The maximum Gasteiger partial charge on any atom is 0.253 e. The van der Waals surface area contributed by atoms with E-state index in [4.69, 9.17) is 0 Å². The van der Waals surface area contributed by atoms with Crippen molar-refractivity contribution in [3.8, 4) is 0 Å². The molecule has 0 aliphatic heterocycles. The largest absolute Gasteiger partial charge is 0.391 e. The Morgan fingerprint density at radius 1 is 1.41 bits per heavy atom. The maximum absolute atomic E-state index is 11.8. The first kappa shape index (κ1) is 12.4. The van der Waals surface area contributed by atoms with Crippen LogP contribution in [0.3, 0.4) is 0 Å². The Bertz CT molecular complexity index is 418. The number of hydrogen-bond donors (Lipinski definition) is 1. The van der Waals surface area contributed by atoms with Gasteiger partial charge in [0.05, 0.1) is 12.6 Å². The van der Waals surface area contributed by atoms with E-state index in [1.165, 1.54) is 19.3 Å². The Labute approximate surface area is 102 Å². The lowest BCUT2D eigenvalue weighted by Gasteiger charge is -2.27. The molecule has 94 valence electrons. The van der Waals surface area contributed by atoms with Crippen LogP contribution in [0.4, 0.5) is 0 Å². The van der Waals surface area contributed by atoms with Crippen molar-refractivity contribution in [2.75, 3.05) is 0 Å². The maximum atomic E-state index is 11.8. The quantitative estimate of drug-likeness (QED) is 0.871. The first-order valence-electron chi connectivity index (χ1n) is 6.52. The van der Waals surface area contributed by atoms with Gasteiger partial charge in [-0.1, -0.05) is 25.3 Å². The Balaban J connectivity index is 2.04. The van der Waals surface area contributed by atoms with Gasteiger partial charge >= 0.3 is 0 Å². The van der Waals surface area contributed by atoms with Crippen LogP contribution in [0.25, 0.3) is 0 Å². The molecule has 2 rings (SSSR count). The number of hydrogen-bond acceptors (Lipinski definition) is 2. The van der Waals surface area contributed by atoms with E-state index >= 15 is 0 Å². The molecule has 1 aliphatic rings. The highest BCUT2D eigenvalue weighted by Gasteiger charge is 2.22. The Morgan fingerprint density at radius 2 is 2.12 bits per heavy atom. The van der Waals surface area contributed by atoms with Gasteiger partial charge in [0, 0.05) is 11.8 Å². The van der Waals surface area contributed by atoms with Crippen LogP contribution in [0.15, 0.2) is 23.1 Å². The van der Waals surface area contributed by atoms with Crippen molar-refractivity contribution in [3.05, 3.63) is 34.2 Å². The molecule has 17 heavy (non-hydrogen) atoms. The molecule has 0 radical (unpaired) electrons. The average molecular weight is 235 g/mol. The highest BCUT2D eigenvalue weighted by atomic mass is 16.3. The number of aromatic nitrogens is 1. The summed E-state index contributed by atoms with van der Waals surface area (Å²) in [5, 5.41) is 10.2. The van der Waals surface area contributed by atoms with Gasteiger partial charge in [0.2, 0.25) is 0 Å². The van der Waals surface area contributed by atoms with Crippen LogP contribution in [0.2, 0.25) is 0 Å². The highest BCUT2D eigenvalue weighted by Crippen LogP contribution is 2.26. The molecule has 1 saturated carbocycles. The first-order chi connectivity index (χ1) is 8.18. The second-order valence-electron chi connectivity index (χ2n) is 5.11. The SMILES string of the molecule is Cc1cccn(CC(O)C2CCCCC2)c1=O. The standard InChI is InChI=1S/C14H21NO2/c1-11-6-5-9-15(14(11)17)10-13(16)12-7-3-2-4-8-12/h5-6,9,12-13,16H,2-4,7-8,10H2,1H3. The molecule has 1 aliphatic carbocycles. The van der Waals surface area contributed by atoms with Crippen LogP contribution in [0, 0.1) is 12.8 Å². The van der Waals surface area contributed by atoms with Crippen molar-refractivity contribution in [2.45, 2.75) is 51.7 Å². The summed E-state index contributed by atoms with van der Waals surface area (Å²) in [6.45, 7) is 2.25. The number of pyridine rings is 1. The minimum atomic E-state index is -0.380. The molecule has 0 spiro atoms. The van der Waals surface area contributed by atoms with E-state index in [1.54, 1.807) is 10.8 Å². The molecule has 0 saturated heterocycles. The van der Waals surface area contributed by atoms with Crippen LogP contribution >= 0.6 is 0 Å². The fourth-order valence-corrected chi connectivity index (χ4v) is 2.67. The number of aryl methyl sites for hydroxylation is 1. The fraction of sp³-hybridized carbons (Fsp3) is 0.643. The van der Waals surface area contributed by atoms with Crippen LogP contribution in [-0.2, 0) is 6.54 Å². The second-order valence-corrected chi connectivity index (χ2v) is 5.11. The van der Waals surface area contributed by atoms with Gasteiger partial charge in [-0.2, -0.15) is 0 Å². The van der Waals surface area contributed by atoms with E-state index in [1.807, 2.05) is 19.1 Å². The van der Waals surface area contributed by atoms with Gasteiger partial charge in [-0.3, -0.25) is 4.79 Å². The second kappa shape index (κ2) is 5.50. The van der Waals surface area contributed by atoms with E-state index in [9.17, 15) is 9.90 Å². The van der Waals surface area contributed by atoms with Crippen LogP contribution in [0.5, 0.6) is 0 Å². The van der Waals surface area contributed by atoms with E-state index in [0.717, 1.165) is 18.4 Å². The molecule has 3 nitrogen and oxygen atoms in total. The fourth-order valence-electron chi connectivity index (χ4n) is 2.67. The molecule has 1 aromatic rings. The van der Waals surface area contributed by atoms with Crippen molar-refractivity contribution in [1.82, 2.24) is 4.57 Å². The predicted octanol–water partition coefficient (Wildman–Crippen LogP) is 2.10. The minimum Gasteiger partial charge on any atom is -0.391 e. The van der Waals surface area contributed by atoms with Crippen molar-refractivity contribution in [2.24, 2.45) is 5.92 Å². The van der Waals surface area contributed by atoms with Gasteiger partial charge in [0.1, 0.15) is 0 Å². The first-order valence-corrected chi connectivity index (χ1v) is 6.52. The molecule has 1 heterocycles. The van der Waals surface area contributed by atoms with E-state index in [2.05, 4.69) is 0 Å². The zero-order chi connectivity index (χ0) is 12.3. The third-order valence-electron chi connectivity index (χ3n) is 3.79. The third kappa shape index (κ3) is 2.97. The monoisotopic (exact) mass is 235 g/mol. The molecular formula is C14H21NO2. The summed E-state index contributed by atoms with van der Waals surface area (Å²) in [5.41, 5.74) is 0.755. The van der Waals surface area contributed by atoms with Gasteiger partial charge < -0.3 is 9.67 Å². The molecule has 1 N–H and O–H groups in total. The number of nitrogens with zero attached hydrogens (tertiary/aromatic N) is 1. The van der Waals surface area contributed by atoms with Crippen LogP contribution in [0.1, 0.15) is 37.7 Å². The Kier molecular flexibility index (Phi) is 4.00. The van der Waals surface area contributed by atoms with Gasteiger partial charge in [0.15, 0.2) is 0 Å². The zero-order valence-electron chi connectivity index (χ0n) is 10.4. The van der Waals surface area contributed by atoms with Crippen molar-refractivity contribution in [1.29, 1.82) is 0 Å². The summed E-state index contributed by atoms with van der Waals surface area (Å²) in [5.74, 6) is 0.371. The van der Waals surface area contributed by atoms with Crippen molar-refractivity contribution in [3.63, 3.8) is 0 Å². The average Bonchev–Trinajstić information content (AvgIpc) is 2.36. The van der Waals surface area contributed by atoms with Crippen LogP contribution < -0.4 is 5.56 Å². The predicted molar refractivity (Wildman–Crippen MR) is 68.0 cm³/mol. The summed E-state index contributed by atoms with van der Waals surface area (Å²) in [7, 11) is 0. The normalized spacial score (nSPS) is 19.2. The topological polar surface area (TPSA) is 42.2 Å². The third-order valence-corrected chi connectivity index (χ3v) is 3.79. The molecule has 0 amide bonds. The number of aliphatic hydroxyl groups is 1. The van der Waals surface area contributed by atoms with Gasteiger partial charge in [0.25, 0.3) is 5.56 Å². The van der Waals surface area contributed by atoms with Gasteiger partial charge in [-0.05, 0) is 31.7 Å². The van der Waals surface area contributed by atoms with Crippen molar-refractivity contribution < 1.29 is 5.11 Å². The molecule has 0 aromatic carbocycles. The van der Waals surface area contributed by atoms with E-state index in [0.29, 0.717) is 12.5 Å². The van der Waals surface area contributed by atoms with E-state index < -0.39 is 0 Å². The van der Waals surface area contributed by atoms with Crippen molar-refractivity contribution >= 4 is 0 Å². The number of rotatable bonds is 3. The summed E-state index contributed by atoms with van der Waals surface area (Å²) in [6.07, 6.45) is 7.29. The number of aliphatic hydroxyl groups excluding tert-OH is 1. The minimum absolute atomic E-state index is 0.0161. The summed E-state index contributed by atoms with van der Waals surface area (Å²) >= 11 is 0. The smallest absolute Gasteiger partial charge is 0.253 e. The Morgan fingerprint density at radius 3 is 2.82 bits per heavy atom. The zero-order valence-corrected chi connectivity index (χ0v) is 10.4. The molecule has 1 atom stereocenters. The van der Waals surface area contributed by atoms with Gasteiger partial charge in [-0.25, -0.2) is 0 Å². The summed E-state index contributed by atoms with van der Waals surface area (Å²) < 4.78 is 1.63. The molecule has 1 fully saturated rings. The lowest BCUT2D eigenvalue weighted by Crippen LogP contribution is -2.32. The van der Waals surface area contributed by atoms with E-state index in [-0.39, 0.29) is 11.7 Å². The highest BCUT2D eigenvalue weighted by molar-refractivity contribution is 5.07. The lowest BCUT2D eigenvalue weighted by molar-refractivity contribution is 0.0687. The summed E-state index contributed by atoms with van der Waals surface area (Å²) in [6, 6.07) is 3.68. The molecule has 1 aromatic heterocycles. The molecule has 3 heteroatoms. The van der Waals surface area contributed by atoms with Crippen LogP contribution in [-0.4, -0.2) is 15.8 Å². The van der Waals surface area contributed by atoms with Gasteiger partial charge in [-0.15, -0.1) is 0 Å².